The van der Waals surface area contributed by atoms with Gasteiger partial charge in [0.25, 0.3) is 5.91 Å². The highest BCUT2D eigenvalue weighted by Crippen LogP contribution is 2.04. The molecule has 0 fully saturated rings. The van der Waals surface area contributed by atoms with Gasteiger partial charge in [-0.2, -0.15) is 9.90 Å². The minimum Gasteiger partial charge on any atom is -0.480 e. The molecule has 1 aromatic heterocycles. The van der Waals surface area contributed by atoms with E-state index in [1.54, 1.807) is 24.3 Å². The maximum Gasteiger partial charge on any atom is 0.328 e. The molecule has 2 aromatic rings. The standard InChI is InChI=1S/C13H14N4O4/c1-8(18)11(13(20)21)15-12(19)10-7-14-17(16-10)9-5-3-2-4-6-9/h2-8,11,18H,1H3,(H,15,19)(H,20,21)/t8-,11+/m1/s1. The Labute approximate surface area is 120 Å². The summed E-state index contributed by atoms with van der Waals surface area (Å²) < 4.78 is 0. The maximum absolute atomic E-state index is 11.9. The van der Waals surface area contributed by atoms with Crippen LogP contribution in [0.25, 0.3) is 5.69 Å². The van der Waals surface area contributed by atoms with Gasteiger partial charge in [0, 0.05) is 0 Å². The minimum absolute atomic E-state index is 0.0363. The Morgan fingerprint density at radius 3 is 2.52 bits per heavy atom. The Kier molecular flexibility index (Phi) is 4.29. The number of carbonyl (C=O) groups excluding carboxylic acids is 1. The molecule has 1 amide bonds. The zero-order chi connectivity index (χ0) is 15.4. The van der Waals surface area contributed by atoms with Gasteiger partial charge >= 0.3 is 5.97 Å². The first-order chi connectivity index (χ1) is 9.99. The predicted molar refractivity (Wildman–Crippen MR) is 71.9 cm³/mol. The summed E-state index contributed by atoms with van der Waals surface area (Å²) in [5.41, 5.74) is 0.632. The summed E-state index contributed by atoms with van der Waals surface area (Å²) in [6, 6.07) is 7.55. The fourth-order valence-corrected chi connectivity index (χ4v) is 1.66. The van der Waals surface area contributed by atoms with Gasteiger partial charge in [0.15, 0.2) is 11.7 Å². The lowest BCUT2D eigenvalue weighted by molar-refractivity contribution is -0.141. The highest BCUT2D eigenvalue weighted by atomic mass is 16.4. The minimum atomic E-state index is -1.40. The van der Waals surface area contributed by atoms with Crippen LogP contribution in [0.3, 0.4) is 0 Å². The Morgan fingerprint density at radius 2 is 1.95 bits per heavy atom. The number of nitrogens with one attached hydrogen (secondary N) is 1. The van der Waals surface area contributed by atoms with Crippen LogP contribution in [-0.2, 0) is 4.79 Å². The second kappa shape index (κ2) is 6.14. The summed E-state index contributed by atoms with van der Waals surface area (Å²) in [5.74, 6) is -2.04. The Morgan fingerprint density at radius 1 is 1.29 bits per heavy atom. The van der Waals surface area contributed by atoms with Crippen LogP contribution in [0.5, 0.6) is 0 Å². The third-order valence-corrected chi connectivity index (χ3v) is 2.75. The van der Waals surface area contributed by atoms with Crippen LogP contribution in [0.2, 0.25) is 0 Å². The lowest BCUT2D eigenvalue weighted by Gasteiger charge is -2.15. The van der Waals surface area contributed by atoms with Crippen molar-refractivity contribution in [2.75, 3.05) is 0 Å². The highest BCUT2D eigenvalue weighted by molar-refractivity contribution is 5.94. The molecular weight excluding hydrogens is 276 g/mol. The largest absolute Gasteiger partial charge is 0.480 e. The van der Waals surface area contributed by atoms with Crippen molar-refractivity contribution in [3.63, 3.8) is 0 Å². The number of nitrogens with zero attached hydrogens (tertiary/aromatic N) is 3. The number of carbonyl (C=O) groups is 2. The smallest absolute Gasteiger partial charge is 0.328 e. The first kappa shape index (κ1) is 14.7. The number of aromatic nitrogens is 3. The topological polar surface area (TPSA) is 117 Å². The number of aliphatic hydroxyl groups excluding tert-OH is 1. The zero-order valence-electron chi connectivity index (χ0n) is 11.2. The zero-order valence-corrected chi connectivity index (χ0v) is 11.2. The molecule has 0 unspecified atom stereocenters. The highest BCUT2D eigenvalue weighted by Gasteiger charge is 2.26. The van der Waals surface area contributed by atoms with Crippen molar-refractivity contribution < 1.29 is 19.8 Å². The molecule has 0 bridgehead atoms. The molecule has 3 N–H and O–H groups in total. The van der Waals surface area contributed by atoms with E-state index in [2.05, 4.69) is 15.5 Å². The van der Waals surface area contributed by atoms with Gasteiger partial charge in [0.2, 0.25) is 0 Å². The van der Waals surface area contributed by atoms with Crippen molar-refractivity contribution in [1.29, 1.82) is 0 Å². The molecule has 1 heterocycles. The number of benzene rings is 1. The van der Waals surface area contributed by atoms with Crippen molar-refractivity contribution in [3.05, 3.63) is 42.2 Å². The third-order valence-electron chi connectivity index (χ3n) is 2.75. The van der Waals surface area contributed by atoms with Crippen molar-refractivity contribution in [1.82, 2.24) is 20.3 Å². The summed E-state index contributed by atoms with van der Waals surface area (Å²) in [7, 11) is 0. The van der Waals surface area contributed by atoms with E-state index in [0.29, 0.717) is 5.69 Å². The number of aliphatic carboxylic acids is 1. The number of amides is 1. The lowest BCUT2D eigenvalue weighted by atomic mass is 10.2. The van der Waals surface area contributed by atoms with Gasteiger partial charge in [-0.15, -0.1) is 5.10 Å². The van der Waals surface area contributed by atoms with Crippen LogP contribution in [0.15, 0.2) is 36.5 Å². The fraction of sp³-hybridized carbons (Fsp3) is 0.231. The summed E-state index contributed by atoms with van der Waals surface area (Å²) >= 11 is 0. The van der Waals surface area contributed by atoms with Crippen molar-refractivity contribution in [3.8, 4) is 5.69 Å². The third kappa shape index (κ3) is 3.42. The summed E-state index contributed by atoms with van der Waals surface area (Å²) in [6.07, 6.45) is -0.000798. The normalized spacial score (nSPS) is 13.4. The van der Waals surface area contributed by atoms with Crippen LogP contribution >= 0.6 is 0 Å². The van der Waals surface area contributed by atoms with E-state index in [4.69, 9.17) is 5.11 Å². The number of hydrogen-bond acceptors (Lipinski definition) is 5. The Hall–Kier alpha value is -2.74. The van der Waals surface area contributed by atoms with Gasteiger partial charge in [-0.05, 0) is 19.1 Å². The number of para-hydroxylation sites is 1. The van der Waals surface area contributed by atoms with Crippen LogP contribution in [0, 0.1) is 0 Å². The number of carboxylic acid groups (broad SMARTS) is 1. The lowest BCUT2D eigenvalue weighted by Crippen LogP contribution is -2.47. The van der Waals surface area contributed by atoms with E-state index in [1.165, 1.54) is 17.9 Å². The van der Waals surface area contributed by atoms with Gasteiger partial charge in [-0.3, -0.25) is 4.79 Å². The number of rotatable bonds is 5. The van der Waals surface area contributed by atoms with Gasteiger partial charge in [-0.25, -0.2) is 4.79 Å². The van der Waals surface area contributed by atoms with E-state index >= 15 is 0 Å². The van der Waals surface area contributed by atoms with Gasteiger partial charge in [0.1, 0.15) is 0 Å². The summed E-state index contributed by atoms with van der Waals surface area (Å²) in [5, 5.41) is 28.3. The second-order valence-electron chi connectivity index (χ2n) is 4.38. The van der Waals surface area contributed by atoms with E-state index < -0.39 is 24.0 Å². The molecule has 21 heavy (non-hydrogen) atoms. The van der Waals surface area contributed by atoms with Crippen molar-refractivity contribution >= 4 is 11.9 Å². The quantitative estimate of drug-likeness (QED) is 0.704. The van der Waals surface area contributed by atoms with Gasteiger partial charge in [-0.1, -0.05) is 18.2 Å². The summed E-state index contributed by atoms with van der Waals surface area (Å²) in [4.78, 5) is 24.1. The molecule has 8 heteroatoms. The monoisotopic (exact) mass is 290 g/mol. The van der Waals surface area contributed by atoms with Crippen molar-refractivity contribution in [2.45, 2.75) is 19.1 Å². The molecule has 110 valence electrons. The SMILES string of the molecule is C[C@@H](O)[C@H](NC(=O)c1cnn(-c2ccccc2)n1)C(=O)O. The first-order valence-electron chi connectivity index (χ1n) is 6.18. The Balaban J connectivity index is 2.14. The van der Waals surface area contributed by atoms with E-state index in [-0.39, 0.29) is 5.69 Å². The van der Waals surface area contributed by atoms with Crippen LogP contribution in [-0.4, -0.2) is 49.2 Å². The van der Waals surface area contributed by atoms with Gasteiger partial charge < -0.3 is 15.5 Å². The Bertz CT molecular complexity index is 639. The molecule has 0 saturated heterocycles. The number of hydrogen-bond donors (Lipinski definition) is 3. The molecule has 0 saturated carbocycles. The van der Waals surface area contributed by atoms with Gasteiger partial charge in [0.05, 0.1) is 18.0 Å². The average molecular weight is 290 g/mol. The molecule has 1 aromatic carbocycles. The molecule has 0 radical (unpaired) electrons. The van der Waals surface area contributed by atoms with Crippen molar-refractivity contribution in [2.24, 2.45) is 0 Å². The van der Waals surface area contributed by atoms with Crippen LogP contribution in [0.1, 0.15) is 17.4 Å². The first-order valence-corrected chi connectivity index (χ1v) is 6.18. The second-order valence-corrected chi connectivity index (χ2v) is 4.38. The number of carboxylic acids is 1. The fourth-order valence-electron chi connectivity index (χ4n) is 1.66. The molecule has 8 nitrogen and oxygen atoms in total. The number of aliphatic hydroxyl groups is 1. The van der Waals surface area contributed by atoms with E-state index in [9.17, 15) is 14.7 Å². The van der Waals surface area contributed by atoms with Crippen LogP contribution < -0.4 is 5.32 Å². The molecule has 2 rings (SSSR count). The molecule has 0 aliphatic rings. The average Bonchev–Trinajstić information content (AvgIpc) is 2.94. The van der Waals surface area contributed by atoms with E-state index in [0.717, 1.165) is 0 Å². The molecule has 0 spiro atoms. The summed E-state index contributed by atoms with van der Waals surface area (Å²) in [6.45, 7) is 1.28. The molecule has 0 aliphatic heterocycles. The maximum atomic E-state index is 11.9. The molecule has 0 aliphatic carbocycles. The predicted octanol–water partition coefficient (Wildman–Crippen LogP) is -0.169. The van der Waals surface area contributed by atoms with E-state index in [1.807, 2.05) is 6.07 Å². The molecule has 2 atom stereocenters. The molecular formula is C13H14N4O4. The van der Waals surface area contributed by atoms with Crippen LogP contribution in [0.4, 0.5) is 0 Å².